The molecule has 0 saturated heterocycles. The molecule has 1 aromatic carbocycles. The van der Waals surface area contributed by atoms with Crippen molar-refractivity contribution in [3.63, 3.8) is 0 Å². The smallest absolute Gasteiger partial charge is 0.162 e. The van der Waals surface area contributed by atoms with Gasteiger partial charge in [-0.25, -0.2) is 0 Å². The van der Waals surface area contributed by atoms with Crippen LogP contribution in [0.1, 0.15) is 87.6 Å². The lowest BCUT2D eigenvalue weighted by molar-refractivity contribution is 0.0978. The molecule has 2 rings (SSSR count). The predicted molar refractivity (Wildman–Crippen MR) is 104 cm³/mol. The van der Waals surface area contributed by atoms with Crippen molar-refractivity contribution in [3.05, 3.63) is 59.2 Å². The maximum Gasteiger partial charge on any atom is 0.162 e. The second-order valence-electron chi connectivity index (χ2n) is 7.15. The first-order valence-corrected chi connectivity index (χ1v) is 9.63. The van der Waals surface area contributed by atoms with Crippen molar-refractivity contribution < 1.29 is 4.79 Å². The van der Waals surface area contributed by atoms with Crippen LogP contribution in [0.4, 0.5) is 0 Å². The van der Waals surface area contributed by atoms with Crippen LogP contribution >= 0.6 is 0 Å². The molecule has 1 nitrogen and oxygen atoms in total. The van der Waals surface area contributed by atoms with E-state index in [1.54, 1.807) is 0 Å². The Balaban J connectivity index is 1.77. The van der Waals surface area contributed by atoms with Crippen LogP contribution in [0.5, 0.6) is 0 Å². The van der Waals surface area contributed by atoms with E-state index in [2.05, 4.69) is 51.1 Å². The highest BCUT2D eigenvalue weighted by Crippen LogP contribution is 2.26. The van der Waals surface area contributed by atoms with Gasteiger partial charge in [-0.2, -0.15) is 0 Å². The third-order valence-electron chi connectivity index (χ3n) is 5.17. The normalized spacial score (nSPS) is 17.8. The Morgan fingerprint density at radius 3 is 2.42 bits per heavy atom. The minimum absolute atomic E-state index is 0.291. The number of carbonyl (C=O) groups excluding carboxylic acids is 1. The largest absolute Gasteiger partial charge is 0.294 e. The number of Topliss-reactive ketones (excluding diaryl/α,β-unsaturated/α-hetero) is 1. The first-order chi connectivity index (χ1) is 11.6. The van der Waals surface area contributed by atoms with Gasteiger partial charge in [0.05, 0.1) is 0 Å². The number of rotatable bonds is 10. The fraction of sp³-hybridized carbons (Fsp3) is 0.522. The van der Waals surface area contributed by atoms with Gasteiger partial charge in [0.1, 0.15) is 0 Å². The molecule has 0 N–H and O–H groups in total. The zero-order chi connectivity index (χ0) is 17.4. The molecule has 130 valence electrons. The Labute approximate surface area is 147 Å². The maximum atomic E-state index is 12.3. The molecule has 1 heteroatoms. The summed E-state index contributed by atoms with van der Waals surface area (Å²) >= 11 is 0. The first kappa shape index (κ1) is 18.7. The second kappa shape index (κ2) is 9.61. The molecule has 0 saturated carbocycles. The molecular weight excluding hydrogens is 292 g/mol. The molecular formula is C23H32O. The molecule has 0 heterocycles. The van der Waals surface area contributed by atoms with E-state index in [0.717, 1.165) is 17.9 Å². The minimum Gasteiger partial charge on any atom is -0.294 e. The summed E-state index contributed by atoms with van der Waals surface area (Å²) in [5.74, 6) is 1.51. The molecule has 2 unspecified atom stereocenters. The van der Waals surface area contributed by atoms with Crippen LogP contribution in [0.2, 0.25) is 0 Å². The molecule has 0 aromatic heterocycles. The van der Waals surface area contributed by atoms with Crippen molar-refractivity contribution in [2.24, 2.45) is 5.92 Å². The van der Waals surface area contributed by atoms with Crippen molar-refractivity contribution >= 4 is 5.78 Å². The molecule has 1 aromatic rings. The zero-order valence-electron chi connectivity index (χ0n) is 15.6. The van der Waals surface area contributed by atoms with E-state index in [1.807, 2.05) is 12.1 Å². The molecule has 0 fully saturated rings. The summed E-state index contributed by atoms with van der Waals surface area (Å²) in [6.07, 6.45) is 14.7. The molecule has 1 aliphatic rings. The molecule has 24 heavy (non-hydrogen) atoms. The van der Waals surface area contributed by atoms with Gasteiger partial charge in [-0.1, -0.05) is 94.0 Å². The van der Waals surface area contributed by atoms with E-state index in [0.29, 0.717) is 18.1 Å². The number of hydrogen-bond donors (Lipinski definition) is 0. The van der Waals surface area contributed by atoms with Gasteiger partial charge < -0.3 is 0 Å². The number of unbranched alkanes of at least 4 members (excludes halogenated alkanes) is 1. The van der Waals surface area contributed by atoms with Crippen LogP contribution in [0.15, 0.2) is 48.1 Å². The van der Waals surface area contributed by atoms with E-state index in [9.17, 15) is 4.79 Å². The molecule has 2 atom stereocenters. The highest BCUT2D eigenvalue weighted by molar-refractivity contribution is 5.96. The average Bonchev–Trinajstić information content (AvgIpc) is 3.04. The Morgan fingerprint density at radius 2 is 1.83 bits per heavy atom. The molecule has 1 aliphatic carbocycles. The Kier molecular flexibility index (Phi) is 7.49. The monoisotopic (exact) mass is 324 g/mol. The van der Waals surface area contributed by atoms with Gasteiger partial charge in [-0.05, 0) is 24.8 Å². The molecule has 0 amide bonds. The summed E-state index contributed by atoms with van der Waals surface area (Å²) in [7, 11) is 0. The van der Waals surface area contributed by atoms with Gasteiger partial charge in [0.15, 0.2) is 5.78 Å². The van der Waals surface area contributed by atoms with Crippen molar-refractivity contribution in [1.82, 2.24) is 0 Å². The maximum absolute atomic E-state index is 12.3. The van der Waals surface area contributed by atoms with Crippen LogP contribution in [0, 0.1) is 5.92 Å². The lowest BCUT2D eigenvalue weighted by Gasteiger charge is -2.13. The van der Waals surface area contributed by atoms with E-state index >= 15 is 0 Å². The van der Waals surface area contributed by atoms with E-state index in [4.69, 9.17) is 0 Å². The second-order valence-corrected chi connectivity index (χ2v) is 7.15. The summed E-state index contributed by atoms with van der Waals surface area (Å²) in [5, 5.41) is 0. The van der Waals surface area contributed by atoms with Crippen LogP contribution in [-0.4, -0.2) is 5.78 Å². The SMILES string of the molecule is CCCC(CC)CCCCC(=O)c1ccc(C2C=CC(C)=C2)cc1. The Bertz CT molecular complexity index is 577. The zero-order valence-corrected chi connectivity index (χ0v) is 15.6. The summed E-state index contributed by atoms with van der Waals surface area (Å²) < 4.78 is 0. The summed E-state index contributed by atoms with van der Waals surface area (Å²) in [6.45, 7) is 6.66. The quantitative estimate of drug-likeness (QED) is 0.339. The van der Waals surface area contributed by atoms with E-state index < -0.39 is 0 Å². The number of hydrogen-bond acceptors (Lipinski definition) is 1. The lowest BCUT2D eigenvalue weighted by Crippen LogP contribution is -2.02. The summed E-state index contributed by atoms with van der Waals surface area (Å²) in [4.78, 5) is 12.3. The Morgan fingerprint density at radius 1 is 1.08 bits per heavy atom. The molecule has 0 spiro atoms. The van der Waals surface area contributed by atoms with Gasteiger partial charge >= 0.3 is 0 Å². The molecule has 0 bridgehead atoms. The number of allylic oxidation sites excluding steroid dienone is 4. The fourth-order valence-corrected chi connectivity index (χ4v) is 3.57. The van der Waals surface area contributed by atoms with Crippen molar-refractivity contribution in [3.8, 4) is 0 Å². The summed E-state index contributed by atoms with van der Waals surface area (Å²) in [5.41, 5.74) is 3.45. The predicted octanol–water partition coefficient (Wildman–Crippen LogP) is 6.86. The van der Waals surface area contributed by atoms with Crippen LogP contribution < -0.4 is 0 Å². The van der Waals surface area contributed by atoms with Crippen molar-refractivity contribution in [2.45, 2.75) is 71.6 Å². The summed E-state index contributed by atoms with van der Waals surface area (Å²) in [6, 6.07) is 8.20. The molecule has 0 radical (unpaired) electrons. The van der Waals surface area contributed by atoms with Gasteiger partial charge in [-0.15, -0.1) is 0 Å². The molecule has 0 aliphatic heterocycles. The van der Waals surface area contributed by atoms with Gasteiger partial charge in [0.2, 0.25) is 0 Å². The average molecular weight is 325 g/mol. The van der Waals surface area contributed by atoms with E-state index in [-0.39, 0.29) is 0 Å². The van der Waals surface area contributed by atoms with Crippen molar-refractivity contribution in [2.75, 3.05) is 0 Å². The Hall–Kier alpha value is -1.63. The first-order valence-electron chi connectivity index (χ1n) is 9.63. The minimum atomic E-state index is 0.291. The van der Waals surface area contributed by atoms with Gasteiger partial charge in [-0.3, -0.25) is 4.79 Å². The van der Waals surface area contributed by atoms with Gasteiger partial charge in [0, 0.05) is 17.9 Å². The third-order valence-corrected chi connectivity index (χ3v) is 5.17. The lowest BCUT2D eigenvalue weighted by atomic mass is 9.93. The highest BCUT2D eigenvalue weighted by atomic mass is 16.1. The highest BCUT2D eigenvalue weighted by Gasteiger charge is 2.12. The standard InChI is InChI=1S/C23H32O/c1-4-8-19(5-2)9-6-7-10-23(24)21-15-13-20(14-16-21)22-12-11-18(3)17-22/h11-17,19,22H,4-10H2,1-3H3. The number of carbonyl (C=O) groups is 1. The topological polar surface area (TPSA) is 17.1 Å². The fourth-order valence-electron chi connectivity index (χ4n) is 3.57. The number of ketones is 1. The van der Waals surface area contributed by atoms with Crippen LogP contribution in [0.25, 0.3) is 0 Å². The third kappa shape index (κ3) is 5.47. The van der Waals surface area contributed by atoms with Crippen LogP contribution in [-0.2, 0) is 0 Å². The van der Waals surface area contributed by atoms with Gasteiger partial charge in [0.25, 0.3) is 0 Å². The van der Waals surface area contributed by atoms with Crippen LogP contribution in [0.3, 0.4) is 0 Å². The van der Waals surface area contributed by atoms with Crippen molar-refractivity contribution in [1.29, 1.82) is 0 Å². The number of benzene rings is 1. The van der Waals surface area contributed by atoms with E-state index in [1.165, 1.54) is 43.2 Å².